The fraction of sp³-hybridized carbons (Fsp3) is 0.412. The molecule has 2 N–H and O–H groups in total. The molecule has 4 heterocycles. The van der Waals surface area contributed by atoms with Crippen molar-refractivity contribution in [1.82, 2.24) is 15.4 Å². The van der Waals surface area contributed by atoms with Crippen LogP contribution in [-0.4, -0.2) is 34.8 Å². The molecule has 0 unspecified atom stereocenters. The zero-order valence-electron chi connectivity index (χ0n) is 13.6. The highest BCUT2D eigenvalue weighted by molar-refractivity contribution is 7.98. The van der Waals surface area contributed by atoms with Gasteiger partial charge in [0.25, 0.3) is 11.8 Å². The normalized spacial score (nSPS) is 19.4. The van der Waals surface area contributed by atoms with E-state index in [1.807, 2.05) is 40.9 Å². The number of nitrogens with one attached hydrogen (secondary N) is 2. The summed E-state index contributed by atoms with van der Waals surface area (Å²) in [5, 5.41) is 0.904. The highest BCUT2D eigenvalue weighted by Crippen LogP contribution is 2.38. The van der Waals surface area contributed by atoms with E-state index >= 15 is 0 Å². The highest BCUT2D eigenvalue weighted by Gasteiger charge is 2.28. The third-order valence-electron chi connectivity index (χ3n) is 4.39. The minimum atomic E-state index is -0.461. The summed E-state index contributed by atoms with van der Waals surface area (Å²) in [4.78, 5) is 26.1. The average molecular weight is 377 g/mol. The Labute approximate surface area is 153 Å². The van der Waals surface area contributed by atoms with Crippen molar-refractivity contribution in [2.24, 2.45) is 0 Å². The topological polar surface area (TPSA) is 72.4 Å². The maximum absolute atomic E-state index is 12.8. The molecule has 2 aliphatic rings. The summed E-state index contributed by atoms with van der Waals surface area (Å²) in [6, 6.07) is 3.88. The lowest BCUT2D eigenvalue weighted by Gasteiger charge is -2.15. The first-order valence-corrected chi connectivity index (χ1v) is 10.3. The van der Waals surface area contributed by atoms with E-state index in [2.05, 4.69) is 10.9 Å². The molecular weight excluding hydrogens is 358 g/mol. The van der Waals surface area contributed by atoms with E-state index in [0.717, 1.165) is 34.9 Å². The van der Waals surface area contributed by atoms with Gasteiger partial charge in [-0.2, -0.15) is 11.8 Å². The SMILES string of the molecule is O=C(NNC(=O)[C@H]1CCCO1)c1c(-n2cccc2)sc2c1CCSC2. The van der Waals surface area contributed by atoms with Crippen LogP contribution in [0.1, 0.15) is 33.6 Å². The summed E-state index contributed by atoms with van der Waals surface area (Å²) >= 11 is 3.54. The standard InChI is InChI=1S/C17H19N3O3S2/c21-15(12-4-3-8-23-12)18-19-16(22)14-11-5-9-24-10-13(11)25-17(14)20-6-1-2-7-20/h1-2,6-7,12H,3-5,8-10H2,(H,18,21)(H,19,22)/t12-/m1/s1. The molecule has 1 fully saturated rings. The van der Waals surface area contributed by atoms with Gasteiger partial charge in [0.2, 0.25) is 0 Å². The zero-order chi connectivity index (χ0) is 17.2. The second-order valence-electron chi connectivity index (χ2n) is 6.02. The summed E-state index contributed by atoms with van der Waals surface area (Å²) < 4.78 is 7.31. The molecule has 0 spiro atoms. The third kappa shape index (κ3) is 3.33. The smallest absolute Gasteiger partial charge is 0.273 e. The predicted octanol–water partition coefficient (Wildman–Crippen LogP) is 2.27. The van der Waals surface area contributed by atoms with Crippen LogP contribution < -0.4 is 10.9 Å². The molecule has 0 aliphatic carbocycles. The number of rotatable bonds is 3. The number of nitrogens with zero attached hydrogens (tertiary/aromatic N) is 1. The number of hydrogen-bond donors (Lipinski definition) is 2. The van der Waals surface area contributed by atoms with E-state index < -0.39 is 6.10 Å². The van der Waals surface area contributed by atoms with Crippen molar-refractivity contribution in [3.63, 3.8) is 0 Å². The van der Waals surface area contributed by atoms with Crippen LogP contribution in [0.25, 0.3) is 5.00 Å². The van der Waals surface area contributed by atoms with Gasteiger partial charge < -0.3 is 9.30 Å². The number of carbonyl (C=O) groups excluding carboxylic acids is 2. The summed E-state index contributed by atoms with van der Waals surface area (Å²) in [6.45, 7) is 0.597. The zero-order valence-corrected chi connectivity index (χ0v) is 15.3. The highest BCUT2D eigenvalue weighted by atomic mass is 32.2. The van der Waals surface area contributed by atoms with Gasteiger partial charge in [0.15, 0.2) is 0 Å². The molecule has 2 aromatic heterocycles. The third-order valence-corrected chi connectivity index (χ3v) is 6.80. The Hall–Kier alpha value is -1.77. The van der Waals surface area contributed by atoms with Crippen LogP contribution in [-0.2, 0) is 21.7 Å². The van der Waals surface area contributed by atoms with E-state index in [0.29, 0.717) is 18.6 Å². The van der Waals surface area contributed by atoms with Gasteiger partial charge in [0.05, 0.1) is 5.56 Å². The van der Waals surface area contributed by atoms with Crippen molar-refractivity contribution >= 4 is 34.9 Å². The van der Waals surface area contributed by atoms with Crippen LogP contribution in [0.3, 0.4) is 0 Å². The van der Waals surface area contributed by atoms with Gasteiger partial charge in [-0.05, 0) is 42.7 Å². The lowest BCUT2D eigenvalue weighted by molar-refractivity contribution is -0.130. The minimum Gasteiger partial charge on any atom is -0.368 e. The van der Waals surface area contributed by atoms with Gasteiger partial charge in [-0.1, -0.05) is 0 Å². The number of thioether (sulfide) groups is 1. The second-order valence-corrected chi connectivity index (χ2v) is 8.21. The van der Waals surface area contributed by atoms with Gasteiger partial charge in [-0.15, -0.1) is 11.3 Å². The van der Waals surface area contributed by atoms with E-state index in [9.17, 15) is 9.59 Å². The van der Waals surface area contributed by atoms with Crippen molar-refractivity contribution in [2.75, 3.05) is 12.4 Å². The Morgan fingerprint density at radius 3 is 2.84 bits per heavy atom. The molecule has 132 valence electrons. The lowest BCUT2D eigenvalue weighted by atomic mass is 10.1. The monoisotopic (exact) mass is 377 g/mol. The molecule has 1 atom stereocenters. The Morgan fingerprint density at radius 2 is 2.08 bits per heavy atom. The summed E-state index contributed by atoms with van der Waals surface area (Å²) in [6.07, 6.45) is 5.86. The van der Waals surface area contributed by atoms with Crippen molar-refractivity contribution in [1.29, 1.82) is 0 Å². The second kappa shape index (κ2) is 7.23. The molecule has 25 heavy (non-hydrogen) atoms. The fourth-order valence-corrected chi connectivity index (χ4v) is 5.59. The van der Waals surface area contributed by atoms with Crippen molar-refractivity contribution < 1.29 is 14.3 Å². The molecule has 6 nitrogen and oxygen atoms in total. The van der Waals surface area contributed by atoms with Gasteiger partial charge in [0, 0.05) is 29.6 Å². The Bertz CT molecular complexity index is 779. The number of carbonyl (C=O) groups is 2. The number of fused-ring (bicyclic) bond motifs is 1. The van der Waals surface area contributed by atoms with E-state index in [4.69, 9.17) is 4.74 Å². The predicted molar refractivity (Wildman–Crippen MR) is 98.1 cm³/mol. The number of aromatic nitrogens is 1. The minimum absolute atomic E-state index is 0.264. The molecule has 0 bridgehead atoms. The van der Waals surface area contributed by atoms with Gasteiger partial charge in [0.1, 0.15) is 11.1 Å². The van der Waals surface area contributed by atoms with Crippen LogP contribution in [0.5, 0.6) is 0 Å². The quantitative estimate of drug-likeness (QED) is 0.805. The number of ether oxygens (including phenoxy) is 1. The van der Waals surface area contributed by atoms with Crippen LogP contribution >= 0.6 is 23.1 Å². The maximum Gasteiger partial charge on any atom is 0.273 e. The molecule has 2 aliphatic heterocycles. The molecule has 0 saturated carbocycles. The van der Waals surface area contributed by atoms with Crippen LogP contribution in [0, 0.1) is 0 Å². The van der Waals surface area contributed by atoms with E-state index in [1.165, 1.54) is 4.88 Å². The Kier molecular flexibility index (Phi) is 4.82. The van der Waals surface area contributed by atoms with Crippen LogP contribution in [0.15, 0.2) is 24.5 Å². The summed E-state index contributed by atoms with van der Waals surface area (Å²) in [5.74, 6) is 1.40. The maximum atomic E-state index is 12.8. The molecule has 8 heteroatoms. The largest absolute Gasteiger partial charge is 0.368 e. The van der Waals surface area contributed by atoms with Crippen molar-refractivity contribution in [3.05, 3.63) is 40.5 Å². The number of hydrogen-bond acceptors (Lipinski definition) is 5. The number of hydrazine groups is 1. The summed E-state index contributed by atoms with van der Waals surface area (Å²) in [7, 11) is 0. The molecule has 2 amide bonds. The number of amides is 2. The van der Waals surface area contributed by atoms with Gasteiger partial charge in [-0.25, -0.2) is 0 Å². The van der Waals surface area contributed by atoms with Gasteiger partial charge >= 0.3 is 0 Å². The van der Waals surface area contributed by atoms with Crippen LogP contribution in [0.2, 0.25) is 0 Å². The van der Waals surface area contributed by atoms with E-state index in [1.54, 1.807) is 11.3 Å². The molecule has 0 aromatic carbocycles. The van der Waals surface area contributed by atoms with Crippen molar-refractivity contribution in [3.8, 4) is 5.00 Å². The molecule has 4 rings (SSSR count). The fourth-order valence-electron chi connectivity index (χ4n) is 3.15. The first kappa shape index (κ1) is 16.7. The lowest BCUT2D eigenvalue weighted by Crippen LogP contribution is -2.46. The molecule has 2 aromatic rings. The Balaban J connectivity index is 1.56. The van der Waals surface area contributed by atoms with Crippen molar-refractivity contribution in [2.45, 2.75) is 31.1 Å². The Morgan fingerprint density at radius 1 is 1.24 bits per heavy atom. The summed E-state index contributed by atoms with van der Waals surface area (Å²) in [5.41, 5.74) is 6.88. The molecular formula is C17H19N3O3S2. The first-order chi connectivity index (χ1) is 12.2. The van der Waals surface area contributed by atoms with Crippen LogP contribution in [0.4, 0.5) is 0 Å². The van der Waals surface area contributed by atoms with E-state index in [-0.39, 0.29) is 11.8 Å². The molecule has 1 saturated heterocycles. The number of thiophene rings is 1. The van der Waals surface area contributed by atoms with Gasteiger partial charge in [-0.3, -0.25) is 20.4 Å². The molecule has 0 radical (unpaired) electrons. The first-order valence-electron chi connectivity index (χ1n) is 8.31. The average Bonchev–Trinajstić information content (AvgIpc) is 3.39.